The van der Waals surface area contributed by atoms with E-state index in [-0.39, 0.29) is 11.9 Å². The smallest absolute Gasteiger partial charge is 0.261 e. The molecule has 0 saturated carbocycles. The minimum absolute atomic E-state index is 0.136. The first-order chi connectivity index (χ1) is 14.1. The fourth-order valence-corrected chi connectivity index (χ4v) is 3.45. The van der Waals surface area contributed by atoms with Gasteiger partial charge >= 0.3 is 0 Å². The number of carbonyl (C=O) groups excluding carboxylic acids is 1. The van der Waals surface area contributed by atoms with Crippen LogP contribution in [-0.2, 0) is 4.79 Å². The minimum Gasteiger partial charge on any atom is -0.486 e. The van der Waals surface area contributed by atoms with E-state index in [1.54, 1.807) is 0 Å². The molecule has 0 radical (unpaired) electrons. The van der Waals surface area contributed by atoms with E-state index in [2.05, 4.69) is 11.4 Å². The number of rotatable bonds is 6. The highest BCUT2D eigenvalue weighted by Crippen LogP contribution is 2.32. The Bertz CT molecular complexity index is 1020. The van der Waals surface area contributed by atoms with Crippen LogP contribution in [0.15, 0.2) is 60.7 Å². The average molecular weight is 391 g/mol. The van der Waals surface area contributed by atoms with Crippen molar-refractivity contribution in [1.82, 2.24) is 5.32 Å². The van der Waals surface area contributed by atoms with Crippen LogP contribution in [0.2, 0.25) is 0 Å². The van der Waals surface area contributed by atoms with Crippen LogP contribution in [0.1, 0.15) is 31.9 Å². The molecule has 1 N–H and O–H groups in total. The van der Waals surface area contributed by atoms with Crippen LogP contribution in [0.25, 0.3) is 10.8 Å². The number of hydrogen-bond donors (Lipinski definition) is 1. The molecule has 5 nitrogen and oxygen atoms in total. The van der Waals surface area contributed by atoms with Gasteiger partial charge < -0.3 is 19.5 Å². The van der Waals surface area contributed by atoms with Crippen LogP contribution >= 0.6 is 0 Å². The molecule has 1 heterocycles. The molecule has 4 rings (SSSR count). The van der Waals surface area contributed by atoms with E-state index in [0.717, 1.165) is 22.1 Å². The average Bonchev–Trinajstić information content (AvgIpc) is 2.76. The predicted molar refractivity (Wildman–Crippen MR) is 113 cm³/mol. The first kappa shape index (κ1) is 19.1. The third-order valence-corrected chi connectivity index (χ3v) is 5.09. The number of benzene rings is 3. The van der Waals surface area contributed by atoms with Crippen molar-refractivity contribution in [3.8, 4) is 17.2 Å². The molecule has 0 aromatic heterocycles. The Morgan fingerprint density at radius 2 is 1.76 bits per heavy atom. The van der Waals surface area contributed by atoms with Crippen LogP contribution in [0.3, 0.4) is 0 Å². The maximum absolute atomic E-state index is 12.8. The Balaban J connectivity index is 1.44. The molecule has 0 saturated heterocycles. The van der Waals surface area contributed by atoms with Crippen LogP contribution < -0.4 is 19.5 Å². The number of carbonyl (C=O) groups is 1. The van der Waals surface area contributed by atoms with E-state index in [9.17, 15) is 4.79 Å². The van der Waals surface area contributed by atoms with Crippen LogP contribution in [0, 0.1) is 0 Å². The Morgan fingerprint density at radius 1 is 1.00 bits per heavy atom. The monoisotopic (exact) mass is 391 g/mol. The van der Waals surface area contributed by atoms with Gasteiger partial charge in [-0.1, -0.05) is 43.3 Å². The van der Waals surface area contributed by atoms with Gasteiger partial charge in [0, 0.05) is 0 Å². The molecule has 2 atom stereocenters. The number of nitrogens with one attached hydrogen (secondary N) is 1. The lowest BCUT2D eigenvalue weighted by Gasteiger charge is -2.23. The highest BCUT2D eigenvalue weighted by atomic mass is 16.6. The fraction of sp³-hybridized carbons (Fsp3) is 0.292. The summed E-state index contributed by atoms with van der Waals surface area (Å²) >= 11 is 0. The van der Waals surface area contributed by atoms with Gasteiger partial charge in [0.25, 0.3) is 5.91 Å². The van der Waals surface area contributed by atoms with Gasteiger partial charge in [0.1, 0.15) is 19.0 Å². The Hall–Kier alpha value is -3.21. The molecule has 3 aromatic rings. The lowest BCUT2D eigenvalue weighted by molar-refractivity contribution is -0.128. The molecule has 0 fully saturated rings. The van der Waals surface area contributed by atoms with Crippen molar-refractivity contribution >= 4 is 16.7 Å². The molecule has 1 aliphatic heterocycles. The molecule has 150 valence electrons. The molecule has 29 heavy (non-hydrogen) atoms. The molecule has 0 unspecified atom stereocenters. The van der Waals surface area contributed by atoms with E-state index in [4.69, 9.17) is 14.2 Å². The number of hydrogen-bond acceptors (Lipinski definition) is 4. The van der Waals surface area contributed by atoms with E-state index in [1.807, 2.05) is 68.4 Å². The molecule has 1 aliphatic rings. The van der Waals surface area contributed by atoms with Crippen molar-refractivity contribution in [1.29, 1.82) is 0 Å². The second-order valence-electron chi connectivity index (χ2n) is 7.16. The second-order valence-corrected chi connectivity index (χ2v) is 7.16. The molecule has 0 bridgehead atoms. The Morgan fingerprint density at radius 3 is 2.55 bits per heavy atom. The first-order valence-electron chi connectivity index (χ1n) is 9.99. The molecule has 1 amide bonds. The molecule has 3 aromatic carbocycles. The predicted octanol–water partition coefficient (Wildman–Crippen LogP) is 4.65. The highest BCUT2D eigenvalue weighted by Gasteiger charge is 2.22. The van der Waals surface area contributed by atoms with Crippen LogP contribution in [0.5, 0.6) is 17.2 Å². The lowest BCUT2D eigenvalue weighted by atomic mass is 10.1. The van der Waals surface area contributed by atoms with E-state index < -0.39 is 6.10 Å². The summed E-state index contributed by atoms with van der Waals surface area (Å²) in [5.41, 5.74) is 0.961. The third-order valence-electron chi connectivity index (χ3n) is 5.09. The van der Waals surface area contributed by atoms with Crippen molar-refractivity contribution in [3.63, 3.8) is 0 Å². The van der Waals surface area contributed by atoms with Crippen molar-refractivity contribution in [2.24, 2.45) is 0 Å². The number of fused-ring (bicyclic) bond motifs is 2. The van der Waals surface area contributed by atoms with E-state index >= 15 is 0 Å². The van der Waals surface area contributed by atoms with Crippen molar-refractivity contribution < 1.29 is 19.0 Å². The van der Waals surface area contributed by atoms with E-state index in [1.165, 1.54) is 0 Å². The largest absolute Gasteiger partial charge is 0.486 e. The number of ether oxygens (including phenoxy) is 3. The maximum atomic E-state index is 12.8. The normalized spacial score (nSPS) is 14.8. The summed E-state index contributed by atoms with van der Waals surface area (Å²) in [6.07, 6.45) is 0.0165. The quantitative estimate of drug-likeness (QED) is 0.665. The zero-order valence-corrected chi connectivity index (χ0v) is 16.7. The molecule has 5 heteroatoms. The summed E-state index contributed by atoms with van der Waals surface area (Å²) in [6.45, 7) is 4.99. The van der Waals surface area contributed by atoms with Crippen LogP contribution in [0.4, 0.5) is 0 Å². The van der Waals surface area contributed by atoms with Crippen LogP contribution in [-0.4, -0.2) is 25.2 Å². The van der Waals surface area contributed by atoms with Gasteiger partial charge in [0.2, 0.25) is 0 Å². The summed E-state index contributed by atoms with van der Waals surface area (Å²) in [4.78, 5) is 12.8. The highest BCUT2D eigenvalue weighted by molar-refractivity contribution is 5.84. The van der Waals surface area contributed by atoms with Gasteiger partial charge in [-0.25, -0.2) is 0 Å². The fourth-order valence-electron chi connectivity index (χ4n) is 3.45. The molecular weight excluding hydrogens is 366 g/mol. The third kappa shape index (κ3) is 4.29. The standard InChI is InChI=1S/C24H25NO4/c1-3-21(29-20-10-8-17-6-4-5-7-19(17)14-20)24(26)25-16(2)18-9-11-22-23(15-18)28-13-12-27-22/h4-11,14-16,21H,3,12-13H2,1-2H3,(H,25,26)/t16-,21-/m0/s1. The van der Waals surface area contributed by atoms with Crippen molar-refractivity contribution in [2.75, 3.05) is 13.2 Å². The van der Waals surface area contributed by atoms with Crippen molar-refractivity contribution in [3.05, 3.63) is 66.2 Å². The summed E-state index contributed by atoms with van der Waals surface area (Å²) < 4.78 is 17.2. The van der Waals surface area contributed by atoms with Gasteiger partial charge in [-0.2, -0.15) is 0 Å². The zero-order valence-electron chi connectivity index (χ0n) is 16.7. The maximum Gasteiger partial charge on any atom is 0.261 e. The second kappa shape index (κ2) is 8.43. The summed E-state index contributed by atoms with van der Waals surface area (Å²) in [7, 11) is 0. The summed E-state index contributed by atoms with van der Waals surface area (Å²) in [6, 6.07) is 19.5. The first-order valence-corrected chi connectivity index (χ1v) is 9.99. The van der Waals surface area contributed by atoms with Crippen molar-refractivity contribution in [2.45, 2.75) is 32.4 Å². The minimum atomic E-state index is -0.559. The van der Waals surface area contributed by atoms with Gasteiger partial charge in [0.15, 0.2) is 17.6 Å². The van der Waals surface area contributed by atoms with Gasteiger partial charge in [-0.15, -0.1) is 0 Å². The number of amides is 1. The molecule has 0 aliphatic carbocycles. The SMILES string of the molecule is CC[C@H](Oc1ccc2ccccc2c1)C(=O)N[C@@H](C)c1ccc2c(c1)OCCO2. The van der Waals surface area contributed by atoms with Gasteiger partial charge in [-0.05, 0) is 53.9 Å². The summed E-state index contributed by atoms with van der Waals surface area (Å²) in [5.74, 6) is 2.01. The Kier molecular flexibility index (Phi) is 5.56. The van der Waals surface area contributed by atoms with Gasteiger partial charge in [-0.3, -0.25) is 4.79 Å². The molecular formula is C24H25NO4. The van der Waals surface area contributed by atoms with E-state index in [0.29, 0.717) is 31.1 Å². The summed E-state index contributed by atoms with van der Waals surface area (Å²) in [5, 5.41) is 5.28. The topological polar surface area (TPSA) is 56.8 Å². The zero-order chi connectivity index (χ0) is 20.2. The lowest BCUT2D eigenvalue weighted by Crippen LogP contribution is -2.39. The Labute approximate surface area is 170 Å². The molecule has 0 spiro atoms. The van der Waals surface area contributed by atoms with Gasteiger partial charge in [0.05, 0.1) is 6.04 Å².